The van der Waals surface area contributed by atoms with E-state index in [0.29, 0.717) is 25.6 Å². The predicted molar refractivity (Wildman–Crippen MR) is 86.5 cm³/mol. The molecule has 0 aliphatic carbocycles. The second kappa shape index (κ2) is 7.64. The molecule has 1 aliphatic heterocycles. The molecule has 128 valence electrons. The number of aromatic nitrogens is 1. The number of alkyl carbamates (subject to hydrolysis) is 1. The van der Waals surface area contributed by atoms with E-state index in [4.69, 9.17) is 14.2 Å². The van der Waals surface area contributed by atoms with Crippen molar-refractivity contribution < 1.29 is 19.0 Å². The fourth-order valence-corrected chi connectivity index (χ4v) is 2.23. The van der Waals surface area contributed by atoms with E-state index in [1.54, 1.807) is 0 Å². The third-order valence-corrected chi connectivity index (χ3v) is 3.35. The number of carbonyl (C=O) groups is 1. The van der Waals surface area contributed by atoms with Crippen LogP contribution >= 0.6 is 0 Å². The van der Waals surface area contributed by atoms with Gasteiger partial charge in [-0.3, -0.25) is 0 Å². The molecule has 6 nitrogen and oxygen atoms in total. The smallest absolute Gasteiger partial charge is 0.407 e. The first-order valence-corrected chi connectivity index (χ1v) is 8.01. The Labute approximate surface area is 137 Å². The Morgan fingerprint density at radius 1 is 1.35 bits per heavy atom. The number of rotatable bonds is 4. The molecule has 1 aromatic heterocycles. The predicted octanol–water partition coefficient (Wildman–Crippen LogP) is 2.97. The molecule has 1 amide bonds. The van der Waals surface area contributed by atoms with Crippen LogP contribution < -0.4 is 10.1 Å². The van der Waals surface area contributed by atoms with Crippen LogP contribution in [0.1, 0.15) is 44.9 Å². The third-order valence-electron chi connectivity index (χ3n) is 3.35. The molecule has 0 atom stereocenters. The summed E-state index contributed by atoms with van der Waals surface area (Å²) in [6.45, 7) is 9.16. The lowest BCUT2D eigenvalue weighted by Crippen LogP contribution is -2.32. The summed E-state index contributed by atoms with van der Waals surface area (Å²) in [7, 11) is 0. The molecule has 1 fully saturated rings. The van der Waals surface area contributed by atoms with Crippen molar-refractivity contribution in [1.82, 2.24) is 10.3 Å². The minimum atomic E-state index is -0.517. The molecule has 0 spiro atoms. The van der Waals surface area contributed by atoms with E-state index in [9.17, 15) is 4.79 Å². The zero-order valence-corrected chi connectivity index (χ0v) is 14.3. The van der Waals surface area contributed by atoms with Gasteiger partial charge in [0, 0.05) is 24.1 Å². The largest absolute Gasteiger partial charge is 0.474 e. The Bertz CT molecular complexity index is 534. The molecule has 1 aliphatic rings. The monoisotopic (exact) mass is 322 g/mol. The van der Waals surface area contributed by atoms with E-state index >= 15 is 0 Å². The zero-order chi connectivity index (χ0) is 16.9. The molecule has 1 saturated heterocycles. The van der Waals surface area contributed by atoms with E-state index in [0.717, 1.165) is 24.1 Å². The van der Waals surface area contributed by atoms with Crippen molar-refractivity contribution in [3.63, 3.8) is 0 Å². The number of pyridine rings is 1. The molecule has 1 aromatic rings. The molecule has 0 saturated carbocycles. The van der Waals surface area contributed by atoms with Gasteiger partial charge in [-0.25, -0.2) is 9.78 Å². The van der Waals surface area contributed by atoms with Gasteiger partial charge in [-0.15, -0.1) is 0 Å². The first-order valence-electron chi connectivity index (χ1n) is 8.01. The van der Waals surface area contributed by atoms with E-state index in [-0.39, 0.29) is 6.10 Å². The molecule has 1 N–H and O–H groups in total. The SMILES string of the molecule is Cc1ccc(CNC(=O)OC(C)(C)C)c(OC2CCOCC2)n1. The number of aryl methyl sites for hydroxylation is 1. The standard InChI is InChI=1S/C17H26N2O4/c1-12-5-6-13(11-18-16(20)23-17(2,3)4)15(19-12)22-14-7-9-21-10-8-14/h5-6,14H,7-11H2,1-4H3,(H,18,20). The lowest BCUT2D eigenvalue weighted by atomic mass is 10.1. The first-order chi connectivity index (χ1) is 10.8. The van der Waals surface area contributed by atoms with Crippen molar-refractivity contribution >= 4 is 6.09 Å². The lowest BCUT2D eigenvalue weighted by molar-refractivity contribution is 0.0232. The maximum absolute atomic E-state index is 11.8. The summed E-state index contributed by atoms with van der Waals surface area (Å²) in [6.07, 6.45) is 1.37. The van der Waals surface area contributed by atoms with Crippen LogP contribution in [0, 0.1) is 6.92 Å². The summed E-state index contributed by atoms with van der Waals surface area (Å²) >= 11 is 0. The molecule has 6 heteroatoms. The topological polar surface area (TPSA) is 69.7 Å². The van der Waals surface area contributed by atoms with Crippen molar-refractivity contribution in [1.29, 1.82) is 0 Å². The van der Waals surface area contributed by atoms with Gasteiger partial charge in [-0.1, -0.05) is 6.07 Å². The van der Waals surface area contributed by atoms with Crippen LogP contribution in [-0.4, -0.2) is 36.0 Å². The number of carbonyl (C=O) groups excluding carboxylic acids is 1. The molecule has 23 heavy (non-hydrogen) atoms. The Kier molecular flexibility index (Phi) is 5.82. The van der Waals surface area contributed by atoms with Crippen LogP contribution in [0.5, 0.6) is 5.88 Å². The van der Waals surface area contributed by atoms with Crippen molar-refractivity contribution in [2.75, 3.05) is 13.2 Å². The third kappa shape index (κ3) is 6.06. The number of nitrogens with one attached hydrogen (secondary N) is 1. The zero-order valence-electron chi connectivity index (χ0n) is 14.3. The van der Waals surface area contributed by atoms with Gasteiger partial charge in [-0.05, 0) is 33.8 Å². The van der Waals surface area contributed by atoms with Gasteiger partial charge in [0.15, 0.2) is 0 Å². The second-order valence-corrected chi connectivity index (χ2v) is 6.70. The van der Waals surface area contributed by atoms with Crippen molar-refractivity contribution in [3.05, 3.63) is 23.4 Å². The maximum atomic E-state index is 11.8. The number of hydrogen-bond donors (Lipinski definition) is 1. The summed E-state index contributed by atoms with van der Waals surface area (Å²) in [5, 5.41) is 2.75. The Hall–Kier alpha value is -1.82. The highest BCUT2D eigenvalue weighted by Crippen LogP contribution is 2.21. The van der Waals surface area contributed by atoms with E-state index in [1.165, 1.54) is 0 Å². The highest BCUT2D eigenvalue weighted by atomic mass is 16.6. The van der Waals surface area contributed by atoms with Crippen LogP contribution in [0.25, 0.3) is 0 Å². The van der Waals surface area contributed by atoms with Crippen molar-refractivity contribution in [2.45, 2.75) is 58.8 Å². The molecular weight excluding hydrogens is 296 g/mol. The van der Waals surface area contributed by atoms with Crippen LogP contribution in [0.15, 0.2) is 12.1 Å². The van der Waals surface area contributed by atoms with Gasteiger partial charge >= 0.3 is 6.09 Å². The molecule has 0 bridgehead atoms. The maximum Gasteiger partial charge on any atom is 0.407 e. The molecule has 2 heterocycles. The van der Waals surface area contributed by atoms with Gasteiger partial charge in [0.05, 0.1) is 19.8 Å². The Morgan fingerprint density at radius 2 is 2.04 bits per heavy atom. The van der Waals surface area contributed by atoms with Crippen molar-refractivity contribution in [3.8, 4) is 5.88 Å². The Morgan fingerprint density at radius 3 is 2.70 bits per heavy atom. The highest BCUT2D eigenvalue weighted by molar-refractivity contribution is 5.67. The number of nitrogens with zero attached hydrogens (tertiary/aromatic N) is 1. The van der Waals surface area contributed by atoms with Crippen LogP contribution in [-0.2, 0) is 16.0 Å². The molecule has 0 unspecified atom stereocenters. The average molecular weight is 322 g/mol. The van der Waals surface area contributed by atoms with Gasteiger partial charge in [0.1, 0.15) is 11.7 Å². The number of ether oxygens (including phenoxy) is 3. The quantitative estimate of drug-likeness (QED) is 0.923. The molecular formula is C17H26N2O4. The summed E-state index contributed by atoms with van der Waals surface area (Å²) in [5.41, 5.74) is 1.21. The molecule has 0 radical (unpaired) electrons. The van der Waals surface area contributed by atoms with Crippen LogP contribution in [0.2, 0.25) is 0 Å². The fourth-order valence-electron chi connectivity index (χ4n) is 2.23. The summed E-state index contributed by atoms with van der Waals surface area (Å²) in [4.78, 5) is 16.3. The van der Waals surface area contributed by atoms with Gasteiger partial charge in [0.2, 0.25) is 5.88 Å². The normalized spacial score (nSPS) is 16.0. The second-order valence-electron chi connectivity index (χ2n) is 6.70. The average Bonchev–Trinajstić information content (AvgIpc) is 2.46. The first kappa shape index (κ1) is 17.5. The van der Waals surface area contributed by atoms with Gasteiger partial charge in [0.25, 0.3) is 0 Å². The number of amides is 1. The number of hydrogen-bond acceptors (Lipinski definition) is 5. The van der Waals surface area contributed by atoms with E-state index in [2.05, 4.69) is 10.3 Å². The highest BCUT2D eigenvalue weighted by Gasteiger charge is 2.19. The molecule has 2 rings (SSSR count). The van der Waals surface area contributed by atoms with Crippen molar-refractivity contribution in [2.24, 2.45) is 0 Å². The van der Waals surface area contributed by atoms with Crippen LogP contribution in [0.4, 0.5) is 4.79 Å². The van der Waals surface area contributed by atoms with E-state index < -0.39 is 11.7 Å². The van der Waals surface area contributed by atoms with Gasteiger partial charge in [-0.2, -0.15) is 0 Å². The van der Waals surface area contributed by atoms with Crippen LogP contribution in [0.3, 0.4) is 0 Å². The Balaban J connectivity index is 1.98. The summed E-state index contributed by atoms with van der Waals surface area (Å²) in [5.74, 6) is 0.577. The minimum Gasteiger partial charge on any atom is -0.474 e. The van der Waals surface area contributed by atoms with Gasteiger partial charge < -0.3 is 19.5 Å². The fraction of sp³-hybridized carbons (Fsp3) is 0.647. The lowest BCUT2D eigenvalue weighted by Gasteiger charge is -2.24. The summed E-state index contributed by atoms with van der Waals surface area (Å²) in [6, 6.07) is 3.83. The minimum absolute atomic E-state index is 0.110. The van der Waals surface area contributed by atoms with E-state index in [1.807, 2.05) is 39.8 Å². The summed E-state index contributed by atoms with van der Waals surface area (Å²) < 4.78 is 16.6. The molecule has 0 aromatic carbocycles.